The number of likely N-dealkylation sites (tertiary alicyclic amines) is 1. The first kappa shape index (κ1) is 18.4. The Bertz CT molecular complexity index is 477. The smallest absolute Gasteiger partial charge is 0.344 e. The van der Waals surface area contributed by atoms with Crippen LogP contribution in [0.15, 0.2) is 18.2 Å². The Hall–Kier alpha value is -0.680. The molecule has 0 atom stereocenters. The number of piperidine rings is 1. The second kappa shape index (κ2) is 8.69. The summed E-state index contributed by atoms with van der Waals surface area (Å²) in [6, 6.07) is 4.86. The van der Waals surface area contributed by atoms with Crippen molar-refractivity contribution in [2.75, 3.05) is 26.7 Å². The Morgan fingerprint density at radius 1 is 1.33 bits per heavy atom. The molecule has 0 aliphatic carbocycles. The summed E-state index contributed by atoms with van der Waals surface area (Å²) >= 11 is 11.7. The molecular formula is C14H17Cl3NO3-. The van der Waals surface area contributed by atoms with Gasteiger partial charge in [0.05, 0.1) is 5.02 Å². The van der Waals surface area contributed by atoms with Crippen molar-refractivity contribution >= 4 is 29.2 Å². The van der Waals surface area contributed by atoms with Gasteiger partial charge in [-0.1, -0.05) is 23.2 Å². The predicted octanol–water partition coefficient (Wildman–Crippen LogP) is 0.0136. The summed E-state index contributed by atoms with van der Waals surface area (Å²) in [5.74, 6) is 0.0574. The van der Waals surface area contributed by atoms with Crippen LogP contribution < -0.4 is 17.1 Å². The molecule has 2 rings (SSSR count). The molecule has 21 heavy (non-hydrogen) atoms. The van der Waals surface area contributed by atoms with Crippen molar-refractivity contribution < 1.29 is 26.7 Å². The molecule has 0 saturated carbocycles. The summed E-state index contributed by atoms with van der Waals surface area (Å²) in [6.45, 7) is 1.75. The lowest BCUT2D eigenvalue weighted by Gasteiger charge is -2.28. The van der Waals surface area contributed by atoms with Gasteiger partial charge in [-0.3, -0.25) is 0 Å². The van der Waals surface area contributed by atoms with Crippen LogP contribution in [0.1, 0.15) is 12.8 Å². The molecule has 1 aromatic rings. The minimum atomic E-state index is -0.370. The number of carbonyl (C=O) groups excluding carboxylic acids is 1. The molecule has 0 spiro atoms. The summed E-state index contributed by atoms with van der Waals surface area (Å²) in [5, 5.41) is 0.904. The fraction of sp³-hybridized carbons (Fsp3) is 0.500. The maximum Gasteiger partial charge on any atom is 0.344 e. The Labute approximate surface area is 140 Å². The number of hydrogen-bond acceptors (Lipinski definition) is 4. The lowest BCUT2D eigenvalue weighted by atomic mass is 10.1. The lowest BCUT2D eigenvalue weighted by molar-refractivity contribution is -0.153. The summed E-state index contributed by atoms with van der Waals surface area (Å²) in [7, 11) is 2.06. The molecule has 0 amide bonds. The number of benzene rings is 1. The van der Waals surface area contributed by atoms with Crippen LogP contribution in [0.25, 0.3) is 0 Å². The van der Waals surface area contributed by atoms with Gasteiger partial charge in [-0.05, 0) is 38.1 Å². The summed E-state index contributed by atoms with van der Waals surface area (Å²) in [4.78, 5) is 13.9. The summed E-state index contributed by atoms with van der Waals surface area (Å²) < 4.78 is 10.7. The number of rotatable bonds is 4. The number of halogens is 3. The third kappa shape index (κ3) is 5.91. The monoisotopic (exact) mass is 352 g/mol. The molecule has 1 heterocycles. The van der Waals surface area contributed by atoms with E-state index in [-0.39, 0.29) is 31.1 Å². The van der Waals surface area contributed by atoms with E-state index in [9.17, 15) is 4.79 Å². The highest BCUT2D eigenvalue weighted by atomic mass is 35.5. The maximum absolute atomic E-state index is 11.7. The first-order valence-corrected chi connectivity index (χ1v) is 7.26. The number of esters is 1. The zero-order valence-corrected chi connectivity index (χ0v) is 13.9. The van der Waals surface area contributed by atoms with Crippen LogP contribution in [-0.2, 0) is 9.53 Å². The SMILES string of the molecule is CN1CCC(OC(=O)COc2ccc(Cl)cc2Cl)CC1.[Cl-]. The first-order valence-electron chi connectivity index (χ1n) is 6.50. The van der Waals surface area contributed by atoms with Gasteiger partial charge in [-0.2, -0.15) is 0 Å². The van der Waals surface area contributed by atoms with Gasteiger partial charge in [0.25, 0.3) is 0 Å². The van der Waals surface area contributed by atoms with E-state index in [4.69, 9.17) is 32.7 Å². The van der Waals surface area contributed by atoms with Crippen LogP contribution in [-0.4, -0.2) is 43.7 Å². The largest absolute Gasteiger partial charge is 1.00 e. The van der Waals surface area contributed by atoms with E-state index in [0.717, 1.165) is 25.9 Å². The summed E-state index contributed by atoms with van der Waals surface area (Å²) in [5.41, 5.74) is 0. The highest BCUT2D eigenvalue weighted by molar-refractivity contribution is 6.35. The second-order valence-corrected chi connectivity index (χ2v) is 5.70. The molecule has 7 heteroatoms. The van der Waals surface area contributed by atoms with Gasteiger partial charge in [-0.15, -0.1) is 0 Å². The van der Waals surface area contributed by atoms with Crippen LogP contribution in [0.5, 0.6) is 5.75 Å². The molecule has 1 aliphatic rings. The van der Waals surface area contributed by atoms with Crippen LogP contribution in [0.3, 0.4) is 0 Å². The molecule has 0 bridgehead atoms. The predicted molar refractivity (Wildman–Crippen MR) is 78.6 cm³/mol. The molecule has 4 nitrogen and oxygen atoms in total. The van der Waals surface area contributed by atoms with E-state index in [1.807, 2.05) is 0 Å². The molecule has 1 aliphatic heterocycles. The summed E-state index contributed by atoms with van der Waals surface area (Å²) in [6.07, 6.45) is 1.72. The number of ether oxygens (including phenoxy) is 2. The van der Waals surface area contributed by atoms with Gasteiger partial charge < -0.3 is 26.8 Å². The molecule has 1 fully saturated rings. The zero-order chi connectivity index (χ0) is 14.5. The Morgan fingerprint density at radius 2 is 2.00 bits per heavy atom. The average molecular weight is 354 g/mol. The minimum Gasteiger partial charge on any atom is -1.00 e. The number of carbonyl (C=O) groups is 1. The van der Waals surface area contributed by atoms with Crippen molar-refractivity contribution in [2.45, 2.75) is 18.9 Å². The molecular weight excluding hydrogens is 337 g/mol. The van der Waals surface area contributed by atoms with E-state index in [1.165, 1.54) is 0 Å². The van der Waals surface area contributed by atoms with E-state index in [0.29, 0.717) is 15.8 Å². The van der Waals surface area contributed by atoms with E-state index >= 15 is 0 Å². The van der Waals surface area contributed by atoms with Crippen LogP contribution in [0, 0.1) is 0 Å². The standard InChI is InChI=1S/C14H17Cl2NO3.ClH/c1-17-6-4-11(5-7-17)20-14(18)9-19-13-3-2-10(15)8-12(13)16;/h2-3,8,11H,4-7,9H2,1H3;1H/p-1. The van der Waals surface area contributed by atoms with Crippen molar-refractivity contribution in [1.29, 1.82) is 0 Å². The van der Waals surface area contributed by atoms with Crippen LogP contribution >= 0.6 is 23.2 Å². The minimum absolute atomic E-state index is 0. The third-order valence-corrected chi connectivity index (χ3v) is 3.73. The van der Waals surface area contributed by atoms with Gasteiger partial charge in [0.15, 0.2) is 6.61 Å². The van der Waals surface area contributed by atoms with Gasteiger partial charge in [-0.25, -0.2) is 4.79 Å². The van der Waals surface area contributed by atoms with Crippen molar-refractivity contribution in [2.24, 2.45) is 0 Å². The Balaban J connectivity index is 0.00000220. The highest BCUT2D eigenvalue weighted by Gasteiger charge is 2.20. The van der Waals surface area contributed by atoms with Gasteiger partial charge >= 0.3 is 5.97 Å². The van der Waals surface area contributed by atoms with Gasteiger partial charge in [0.2, 0.25) is 0 Å². The quantitative estimate of drug-likeness (QED) is 0.715. The second-order valence-electron chi connectivity index (χ2n) is 4.86. The Kier molecular flexibility index (Phi) is 7.60. The van der Waals surface area contributed by atoms with Crippen LogP contribution in [0.2, 0.25) is 10.0 Å². The lowest BCUT2D eigenvalue weighted by Crippen LogP contribution is -3.00. The van der Waals surface area contributed by atoms with Gasteiger partial charge in [0.1, 0.15) is 11.9 Å². The van der Waals surface area contributed by atoms with Crippen molar-refractivity contribution in [1.82, 2.24) is 4.90 Å². The fourth-order valence-corrected chi connectivity index (χ4v) is 2.51. The molecule has 0 radical (unpaired) electrons. The average Bonchev–Trinajstić information content (AvgIpc) is 2.40. The van der Waals surface area contributed by atoms with Crippen LogP contribution in [0.4, 0.5) is 0 Å². The van der Waals surface area contributed by atoms with Crippen molar-refractivity contribution in [3.63, 3.8) is 0 Å². The van der Waals surface area contributed by atoms with Gasteiger partial charge in [0, 0.05) is 18.1 Å². The zero-order valence-electron chi connectivity index (χ0n) is 11.7. The normalized spacial score (nSPS) is 16.1. The van der Waals surface area contributed by atoms with Crippen molar-refractivity contribution in [3.8, 4) is 5.75 Å². The fourth-order valence-electron chi connectivity index (χ4n) is 2.05. The Morgan fingerprint density at radius 3 is 2.62 bits per heavy atom. The molecule has 1 saturated heterocycles. The van der Waals surface area contributed by atoms with E-state index < -0.39 is 0 Å². The number of hydrogen-bond donors (Lipinski definition) is 0. The number of nitrogens with zero attached hydrogens (tertiary/aromatic N) is 1. The topological polar surface area (TPSA) is 38.8 Å². The van der Waals surface area contributed by atoms with E-state index in [1.54, 1.807) is 18.2 Å². The maximum atomic E-state index is 11.7. The van der Waals surface area contributed by atoms with Crippen molar-refractivity contribution in [3.05, 3.63) is 28.2 Å². The van der Waals surface area contributed by atoms with E-state index in [2.05, 4.69) is 11.9 Å². The molecule has 118 valence electrons. The molecule has 0 N–H and O–H groups in total. The molecule has 0 unspecified atom stereocenters. The molecule has 1 aromatic carbocycles. The molecule has 0 aromatic heterocycles. The first-order chi connectivity index (χ1) is 9.54. The highest BCUT2D eigenvalue weighted by Crippen LogP contribution is 2.27. The third-order valence-electron chi connectivity index (χ3n) is 3.20.